The van der Waals surface area contributed by atoms with Gasteiger partial charge < -0.3 is 9.47 Å². The minimum atomic E-state index is -0.548. The first kappa shape index (κ1) is 18.9. The Morgan fingerprint density at radius 1 is 0.950 bits per heavy atom. The topological polar surface area (TPSA) is 52.6 Å². The molecule has 0 fully saturated rings. The number of carbonyl (C=O) groups excluding carboxylic acids is 2. The Morgan fingerprint density at radius 2 is 1.45 bits per heavy atom. The van der Waals surface area contributed by atoms with Crippen molar-refractivity contribution in [2.75, 3.05) is 13.2 Å². The molecule has 0 spiro atoms. The molecule has 0 aromatic carbocycles. The molecule has 118 valence electrons. The van der Waals surface area contributed by atoms with Crippen LogP contribution in [0, 0.1) is 17.3 Å². The van der Waals surface area contributed by atoms with Crippen molar-refractivity contribution >= 4 is 11.9 Å². The van der Waals surface area contributed by atoms with Crippen LogP contribution in [0.15, 0.2) is 0 Å². The van der Waals surface area contributed by atoms with Crippen LogP contribution in [0.5, 0.6) is 0 Å². The van der Waals surface area contributed by atoms with Crippen molar-refractivity contribution in [2.45, 2.75) is 60.8 Å². The molecule has 4 nitrogen and oxygen atoms in total. The first-order chi connectivity index (χ1) is 9.15. The van der Waals surface area contributed by atoms with Gasteiger partial charge in [-0.3, -0.25) is 9.59 Å². The molecule has 0 amide bonds. The number of hydrogen-bond acceptors (Lipinski definition) is 4. The van der Waals surface area contributed by atoms with E-state index in [4.69, 9.17) is 9.47 Å². The van der Waals surface area contributed by atoms with Crippen molar-refractivity contribution in [3.63, 3.8) is 0 Å². The standard InChI is InChI=1S/C16H30O4/c1-12(2)10-19-14(17)8-7-9-16(5,6)15(18)20-11-13(3)4/h12-13H,7-11H2,1-6H3. The lowest BCUT2D eigenvalue weighted by Gasteiger charge is -2.23. The Bertz CT molecular complexity index is 306. The van der Waals surface area contributed by atoms with Gasteiger partial charge in [0, 0.05) is 6.42 Å². The van der Waals surface area contributed by atoms with Gasteiger partial charge in [0.05, 0.1) is 18.6 Å². The molecule has 0 aliphatic rings. The Hall–Kier alpha value is -1.06. The van der Waals surface area contributed by atoms with Gasteiger partial charge in [-0.15, -0.1) is 0 Å². The Labute approximate surface area is 123 Å². The monoisotopic (exact) mass is 286 g/mol. The lowest BCUT2D eigenvalue weighted by molar-refractivity contribution is -0.156. The van der Waals surface area contributed by atoms with Crippen LogP contribution >= 0.6 is 0 Å². The van der Waals surface area contributed by atoms with Gasteiger partial charge in [0.25, 0.3) is 0 Å². The number of carbonyl (C=O) groups is 2. The van der Waals surface area contributed by atoms with Gasteiger partial charge in [-0.2, -0.15) is 0 Å². The third-order valence-electron chi connectivity index (χ3n) is 2.86. The molecule has 0 radical (unpaired) electrons. The summed E-state index contributed by atoms with van der Waals surface area (Å²) in [5.74, 6) is 0.300. The second kappa shape index (κ2) is 8.98. The molecule has 0 aliphatic heterocycles. The molecule has 0 aromatic heterocycles. The van der Waals surface area contributed by atoms with Crippen molar-refractivity contribution in [3.05, 3.63) is 0 Å². The molecule has 0 unspecified atom stereocenters. The van der Waals surface area contributed by atoms with Gasteiger partial charge in [0.15, 0.2) is 0 Å². The van der Waals surface area contributed by atoms with Crippen LogP contribution in [0.4, 0.5) is 0 Å². The van der Waals surface area contributed by atoms with Crippen molar-refractivity contribution in [1.29, 1.82) is 0 Å². The first-order valence-corrected chi connectivity index (χ1v) is 7.48. The largest absolute Gasteiger partial charge is 0.465 e. The van der Waals surface area contributed by atoms with Crippen molar-refractivity contribution < 1.29 is 19.1 Å². The summed E-state index contributed by atoms with van der Waals surface area (Å²) in [5, 5.41) is 0. The van der Waals surface area contributed by atoms with Gasteiger partial charge >= 0.3 is 11.9 Å². The quantitative estimate of drug-likeness (QED) is 0.608. The van der Waals surface area contributed by atoms with E-state index in [1.54, 1.807) is 0 Å². The van der Waals surface area contributed by atoms with E-state index < -0.39 is 5.41 Å². The maximum Gasteiger partial charge on any atom is 0.311 e. The number of ether oxygens (including phenoxy) is 2. The summed E-state index contributed by atoms with van der Waals surface area (Å²) >= 11 is 0. The van der Waals surface area contributed by atoms with Crippen molar-refractivity contribution in [1.82, 2.24) is 0 Å². The second-order valence-corrected chi connectivity index (χ2v) is 6.81. The summed E-state index contributed by atoms with van der Waals surface area (Å²) in [7, 11) is 0. The SMILES string of the molecule is CC(C)COC(=O)CCCC(C)(C)C(=O)OCC(C)C. The maximum absolute atomic E-state index is 11.9. The van der Waals surface area contributed by atoms with Gasteiger partial charge in [-0.05, 0) is 38.5 Å². The summed E-state index contributed by atoms with van der Waals surface area (Å²) in [5.41, 5.74) is -0.548. The summed E-state index contributed by atoms with van der Waals surface area (Å²) < 4.78 is 10.4. The summed E-state index contributed by atoms with van der Waals surface area (Å²) in [6.07, 6.45) is 1.62. The van der Waals surface area contributed by atoms with Crippen LogP contribution in [0.1, 0.15) is 60.8 Å². The fourth-order valence-electron chi connectivity index (χ4n) is 1.55. The van der Waals surface area contributed by atoms with Gasteiger partial charge in [0.2, 0.25) is 0 Å². The predicted octanol–water partition coefficient (Wildman–Crippen LogP) is 3.58. The minimum absolute atomic E-state index is 0.190. The molecule has 0 aromatic rings. The zero-order chi connectivity index (χ0) is 15.8. The average molecular weight is 286 g/mol. The van der Waals surface area contributed by atoms with Crippen molar-refractivity contribution in [2.24, 2.45) is 17.3 Å². The fraction of sp³-hybridized carbons (Fsp3) is 0.875. The molecule has 4 heteroatoms. The number of rotatable bonds is 9. The van der Waals surface area contributed by atoms with Crippen molar-refractivity contribution in [3.8, 4) is 0 Å². The summed E-state index contributed by atoms with van der Waals surface area (Å²) in [6.45, 7) is 12.6. The molecular weight excluding hydrogens is 256 g/mol. The van der Waals surface area contributed by atoms with Crippen LogP contribution < -0.4 is 0 Å². The molecule has 0 saturated carbocycles. The van der Waals surface area contributed by atoms with Crippen LogP contribution in [0.2, 0.25) is 0 Å². The van der Waals surface area contributed by atoms with E-state index in [9.17, 15) is 9.59 Å². The molecule has 0 aliphatic carbocycles. The Balaban J connectivity index is 3.97. The predicted molar refractivity (Wildman–Crippen MR) is 79.2 cm³/mol. The number of hydrogen-bond donors (Lipinski definition) is 0. The van der Waals surface area contributed by atoms with Crippen LogP contribution in [-0.4, -0.2) is 25.2 Å². The summed E-state index contributed by atoms with van der Waals surface area (Å²) in [6, 6.07) is 0. The Kier molecular flexibility index (Phi) is 8.51. The highest BCUT2D eigenvalue weighted by molar-refractivity contribution is 5.76. The van der Waals surface area contributed by atoms with E-state index >= 15 is 0 Å². The molecule has 0 rings (SSSR count). The first-order valence-electron chi connectivity index (χ1n) is 7.48. The highest BCUT2D eigenvalue weighted by atomic mass is 16.5. The number of esters is 2. The highest BCUT2D eigenvalue weighted by Gasteiger charge is 2.29. The van der Waals surface area contributed by atoms with Crippen LogP contribution in [0.25, 0.3) is 0 Å². The zero-order valence-electron chi connectivity index (χ0n) is 13.8. The fourth-order valence-corrected chi connectivity index (χ4v) is 1.55. The molecular formula is C16H30O4. The van der Waals surface area contributed by atoms with Crippen LogP contribution in [-0.2, 0) is 19.1 Å². The van der Waals surface area contributed by atoms with E-state index in [2.05, 4.69) is 0 Å². The van der Waals surface area contributed by atoms with E-state index in [-0.39, 0.29) is 11.9 Å². The van der Waals surface area contributed by atoms with E-state index in [0.717, 1.165) is 0 Å². The highest BCUT2D eigenvalue weighted by Crippen LogP contribution is 2.25. The second-order valence-electron chi connectivity index (χ2n) is 6.81. The molecule has 20 heavy (non-hydrogen) atoms. The van der Waals surface area contributed by atoms with E-state index in [0.29, 0.717) is 44.3 Å². The Morgan fingerprint density at radius 3 is 1.95 bits per heavy atom. The average Bonchev–Trinajstić information content (AvgIpc) is 2.32. The lowest BCUT2D eigenvalue weighted by atomic mass is 9.87. The minimum Gasteiger partial charge on any atom is -0.465 e. The zero-order valence-corrected chi connectivity index (χ0v) is 13.8. The molecule has 0 bridgehead atoms. The van der Waals surface area contributed by atoms with Gasteiger partial charge in [0.1, 0.15) is 0 Å². The molecule has 0 atom stereocenters. The van der Waals surface area contributed by atoms with Gasteiger partial charge in [-0.1, -0.05) is 27.7 Å². The lowest BCUT2D eigenvalue weighted by Crippen LogP contribution is -2.28. The summed E-state index contributed by atoms with van der Waals surface area (Å²) in [4.78, 5) is 23.4. The molecule has 0 saturated heterocycles. The third-order valence-corrected chi connectivity index (χ3v) is 2.86. The smallest absolute Gasteiger partial charge is 0.311 e. The maximum atomic E-state index is 11.9. The normalized spacial score (nSPS) is 11.8. The molecule has 0 heterocycles. The van der Waals surface area contributed by atoms with Crippen LogP contribution in [0.3, 0.4) is 0 Å². The molecule has 0 N–H and O–H groups in total. The van der Waals surface area contributed by atoms with Gasteiger partial charge in [-0.25, -0.2) is 0 Å². The van der Waals surface area contributed by atoms with E-state index in [1.807, 2.05) is 41.5 Å². The third kappa shape index (κ3) is 8.94. The van der Waals surface area contributed by atoms with E-state index in [1.165, 1.54) is 0 Å².